The van der Waals surface area contributed by atoms with Gasteiger partial charge in [-0.25, -0.2) is 4.79 Å². The van der Waals surface area contributed by atoms with Crippen LogP contribution in [-0.4, -0.2) is 28.0 Å². The van der Waals surface area contributed by atoms with Gasteiger partial charge in [0, 0.05) is 29.9 Å². The first-order valence-electron chi connectivity index (χ1n) is 7.19. The number of unbranched alkanes of at least 4 members (excludes halogenated alkanes) is 1. The molecule has 0 aliphatic heterocycles. The number of carboxylic acids is 1. The molecule has 0 spiro atoms. The summed E-state index contributed by atoms with van der Waals surface area (Å²) in [4.78, 5) is 26.2. The number of rotatable bonds is 7. The first-order valence-corrected chi connectivity index (χ1v) is 7.19. The summed E-state index contributed by atoms with van der Waals surface area (Å²) < 4.78 is 0. The van der Waals surface area contributed by atoms with E-state index in [1.165, 1.54) is 0 Å². The zero-order chi connectivity index (χ0) is 15.2. The molecule has 1 heterocycles. The molecule has 0 bridgehead atoms. The van der Waals surface area contributed by atoms with Crippen molar-refractivity contribution in [3.05, 3.63) is 36.0 Å². The van der Waals surface area contributed by atoms with Crippen LogP contribution in [0.5, 0.6) is 0 Å². The van der Waals surface area contributed by atoms with Gasteiger partial charge in [0.15, 0.2) is 0 Å². The maximum atomic E-state index is 11.7. The normalized spacial score (nSPS) is 11.7. The number of benzene rings is 1. The summed E-state index contributed by atoms with van der Waals surface area (Å²) in [6, 6.07) is 6.82. The molecular weight excluding hydrogens is 291 g/mol. The predicted molar refractivity (Wildman–Crippen MR) is 82.2 cm³/mol. The Morgan fingerprint density at radius 2 is 2.09 bits per heavy atom. The monoisotopic (exact) mass is 312 g/mol. The molecule has 2 aromatic rings. The largest absolute Gasteiger partial charge is 1.00 e. The first kappa shape index (κ1) is 18.7. The number of carbonyl (C=O) groups excluding carboxylic acids is 1. The number of hydrogen-bond donors (Lipinski definition) is 3. The first-order chi connectivity index (χ1) is 10.1. The number of para-hydroxylation sites is 1. The van der Waals surface area contributed by atoms with E-state index in [1.807, 2.05) is 31.2 Å². The van der Waals surface area contributed by atoms with E-state index in [9.17, 15) is 14.7 Å². The van der Waals surface area contributed by atoms with Crippen LogP contribution in [0.2, 0.25) is 0 Å². The minimum atomic E-state index is -1.01. The Kier molecular flexibility index (Phi) is 7.65. The molecule has 2 rings (SSSR count). The number of hydrogen-bond acceptors (Lipinski definition) is 2. The van der Waals surface area contributed by atoms with Gasteiger partial charge in [0.1, 0.15) is 6.04 Å². The van der Waals surface area contributed by atoms with Crippen LogP contribution in [0.3, 0.4) is 0 Å². The molecule has 0 aliphatic carbocycles. The summed E-state index contributed by atoms with van der Waals surface area (Å²) in [5.74, 6) is -1.21. The molecule has 0 fully saturated rings. The van der Waals surface area contributed by atoms with Gasteiger partial charge >= 0.3 is 35.5 Å². The van der Waals surface area contributed by atoms with Crippen molar-refractivity contribution in [1.82, 2.24) is 10.3 Å². The topological polar surface area (TPSA) is 82.2 Å². The SMILES string of the molecule is CCCCC(=O)N[C@@H](Cc1c[nH]c2ccccc12)C(=O)O.[H-].[Na+]. The van der Waals surface area contributed by atoms with Crippen molar-refractivity contribution in [2.45, 2.75) is 38.6 Å². The van der Waals surface area contributed by atoms with Crippen LogP contribution in [-0.2, 0) is 16.0 Å². The number of aromatic amines is 1. The number of aromatic nitrogens is 1. The van der Waals surface area contributed by atoms with Crippen molar-refractivity contribution < 1.29 is 45.7 Å². The molecule has 3 N–H and O–H groups in total. The summed E-state index contributed by atoms with van der Waals surface area (Å²) in [5, 5.41) is 12.9. The van der Waals surface area contributed by atoms with Crippen molar-refractivity contribution in [2.24, 2.45) is 0 Å². The standard InChI is InChI=1S/C16H20N2O3.Na.H/c1-2-3-8-15(19)18-14(16(20)21)9-11-10-17-13-7-5-4-6-12(11)13;;/h4-7,10,14,17H,2-3,8-9H2,1H3,(H,18,19)(H,20,21);;/q;+1;-1/t14-;;/m0../s1. The Morgan fingerprint density at radius 1 is 1.36 bits per heavy atom. The molecule has 1 aromatic carbocycles. The van der Waals surface area contributed by atoms with Crippen LogP contribution < -0.4 is 34.9 Å². The van der Waals surface area contributed by atoms with E-state index in [0.29, 0.717) is 6.42 Å². The van der Waals surface area contributed by atoms with Crippen molar-refractivity contribution in [3.63, 3.8) is 0 Å². The maximum absolute atomic E-state index is 11.7. The molecule has 0 radical (unpaired) electrons. The van der Waals surface area contributed by atoms with Crippen molar-refractivity contribution in [2.75, 3.05) is 0 Å². The summed E-state index contributed by atoms with van der Waals surface area (Å²) >= 11 is 0. The third kappa shape index (κ3) is 4.87. The third-order valence-electron chi connectivity index (χ3n) is 3.49. The molecule has 0 aliphatic rings. The molecule has 114 valence electrons. The van der Waals surface area contributed by atoms with E-state index in [4.69, 9.17) is 0 Å². The predicted octanol–water partition coefficient (Wildman–Crippen LogP) is -0.413. The van der Waals surface area contributed by atoms with E-state index in [0.717, 1.165) is 29.3 Å². The molecule has 1 atom stereocenters. The number of amides is 1. The van der Waals surface area contributed by atoms with E-state index >= 15 is 0 Å². The van der Waals surface area contributed by atoms with Crippen LogP contribution in [0.25, 0.3) is 10.9 Å². The average Bonchev–Trinajstić information content (AvgIpc) is 2.87. The number of H-pyrrole nitrogens is 1. The number of nitrogens with one attached hydrogen (secondary N) is 2. The second-order valence-electron chi connectivity index (χ2n) is 5.13. The minimum Gasteiger partial charge on any atom is -1.00 e. The molecular formula is C16H21N2NaO3. The van der Waals surface area contributed by atoms with E-state index in [1.54, 1.807) is 6.20 Å². The number of aliphatic carboxylic acids is 1. The van der Waals surface area contributed by atoms with Gasteiger partial charge in [-0.2, -0.15) is 0 Å². The van der Waals surface area contributed by atoms with Crippen LogP contribution in [0.15, 0.2) is 30.5 Å². The Balaban J connectivity index is 0.00000242. The zero-order valence-electron chi connectivity index (χ0n) is 14.1. The van der Waals surface area contributed by atoms with Crippen molar-refractivity contribution >= 4 is 22.8 Å². The quantitative estimate of drug-likeness (QED) is 0.608. The summed E-state index contributed by atoms with van der Waals surface area (Å²) in [6.07, 6.45) is 4.13. The summed E-state index contributed by atoms with van der Waals surface area (Å²) in [6.45, 7) is 1.99. The van der Waals surface area contributed by atoms with Gasteiger partial charge in [0.2, 0.25) is 5.91 Å². The summed E-state index contributed by atoms with van der Waals surface area (Å²) in [5.41, 5.74) is 1.86. The van der Waals surface area contributed by atoms with Crippen LogP contribution >= 0.6 is 0 Å². The smallest absolute Gasteiger partial charge is 1.00 e. The Labute approximate surface area is 153 Å². The number of carbonyl (C=O) groups is 2. The Morgan fingerprint density at radius 3 is 2.77 bits per heavy atom. The van der Waals surface area contributed by atoms with Crippen LogP contribution in [0.4, 0.5) is 0 Å². The molecule has 22 heavy (non-hydrogen) atoms. The molecule has 1 amide bonds. The molecule has 6 heteroatoms. The van der Waals surface area contributed by atoms with Crippen LogP contribution in [0, 0.1) is 0 Å². The van der Waals surface area contributed by atoms with Crippen molar-refractivity contribution in [1.29, 1.82) is 0 Å². The van der Waals surface area contributed by atoms with Gasteiger partial charge in [-0.15, -0.1) is 0 Å². The van der Waals surface area contributed by atoms with Gasteiger partial charge in [0.05, 0.1) is 0 Å². The minimum absolute atomic E-state index is 0. The average molecular weight is 312 g/mol. The van der Waals surface area contributed by atoms with Gasteiger partial charge in [-0.3, -0.25) is 4.79 Å². The number of carboxylic acid groups (broad SMARTS) is 1. The van der Waals surface area contributed by atoms with E-state index in [2.05, 4.69) is 10.3 Å². The third-order valence-corrected chi connectivity index (χ3v) is 3.49. The molecule has 1 aromatic heterocycles. The van der Waals surface area contributed by atoms with Gasteiger partial charge in [0.25, 0.3) is 0 Å². The fourth-order valence-electron chi connectivity index (χ4n) is 2.32. The van der Waals surface area contributed by atoms with E-state index in [-0.39, 0.29) is 43.3 Å². The fourth-order valence-corrected chi connectivity index (χ4v) is 2.32. The Hall–Kier alpha value is -1.30. The molecule has 0 saturated carbocycles. The summed E-state index contributed by atoms with van der Waals surface area (Å²) in [7, 11) is 0. The molecule has 0 unspecified atom stereocenters. The molecule has 0 saturated heterocycles. The second-order valence-corrected chi connectivity index (χ2v) is 5.13. The fraction of sp³-hybridized carbons (Fsp3) is 0.375. The Bertz CT molecular complexity index is 645. The van der Waals surface area contributed by atoms with Crippen LogP contribution in [0.1, 0.15) is 33.2 Å². The van der Waals surface area contributed by atoms with Gasteiger partial charge in [-0.1, -0.05) is 31.5 Å². The van der Waals surface area contributed by atoms with Gasteiger partial charge in [-0.05, 0) is 18.1 Å². The number of fused-ring (bicyclic) bond motifs is 1. The molecule has 5 nitrogen and oxygen atoms in total. The van der Waals surface area contributed by atoms with Crippen molar-refractivity contribution in [3.8, 4) is 0 Å². The zero-order valence-corrected chi connectivity index (χ0v) is 15.1. The van der Waals surface area contributed by atoms with E-state index < -0.39 is 12.0 Å². The second kappa shape index (κ2) is 8.98. The maximum Gasteiger partial charge on any atom is 1.00 e. The van der Waals surface area contributed by atoms with Gasteiger partial charge < -0.3 is 16.8 Å².